The first-order chi connectivity index (χ1) is 16.0. The van der Waals surface area contributed by atoms with Gasteiger partial charge in [-0.2, -0.15) is 5.26 Å². The molecule has 5 aromatic rings. The van der Waals surface area contributed by atoms with Crippen molar-refractivity contribution in [2.45, 2.75) is 37.4 Å². The second-order valence-electron chi connectivity index (χ2n) is 9.45. The van der Waals surface area contributed by atoms with E-state index in [0.717, 1.165) is 49.2 Å². The molecular formula is C26H18N4O3. The van der Waals surface area contributed by atoms with E-state index < -0.39 is 17.6 Å². The molecule has 2 bridgehead atoms. The average Bonchev–Trinajstić information content (AvgIpc) is 3.51. The van der Waals surface area contributed by atoms with Crippen LogP contribution in [0, 0.1) is 11.3 Å². The molecule has 1 fully saturated rings. The minimum Gasteiger partial charge on any atom is -0.371 e. The smallest absolute Gasteiger partial charge is 0.252 e. The average molecular weight is 434 g/mol. The Bertz CT molecular complexity index is 1810. The molecule has 0 spiro atoms. The fraction of sp³-hybridized carbons (Fsp3) is 0.231. The summed E-state index contributed by atoms with van der Waals surface area (Å²) in [5.41, 5.74) is 2.27. The van der Waals surface area contributed by atoms with Gasteiger partial charge in [-0.3, -0.25) is 4.79 Å². The standard InChI is InChI=1S/C26H18N4O3/c1-25-26(32,12-27)10-18(33-25)29-16-8-4-2-6-13(16)20-21-15(11-28-24(21)31)19-14-7-3-5-9-17(14)30(25)23(19)22(20)29/h2-9,18,32H,10-11H2,1H3,(H,28,31)/t18-,25+,26+/m0/s1. The van der Waals surface area contributed by atoms with Crippen LogP contribution in [0.1, 0.15) is 35.5 Å². The molecule has 3 aliphatic rings. The van der Waals surface area contributed by atoms with Crippen LogP contribution in [-0.4, -0.2) is 25.7 Å². The largest absolute Gasteiger partial charge is 0.371 e. The molecule has 7 nitrogen and oxygen atoms in total. The lowest BCUT2D eigenvalue weighted by molar-refractivity contribution is -0.157. The molecular weight excluding hydrogens is 416 g/mol. The number of nitrogens with zero attached hydrogens (tertiary/aromatic N) is 3. The summed E-state index contributed by atoms with van der Waals surface area (Å²) in [4.78, 5) is 13.2. The van der Waals surface area contributed by atoms with Gasteiger partial charge >= 0.3 is 0 Å². The second-order valence-corrected chi connectivity index (χ2v) is 9.45. The van der Waals surface area contributed by atoms with Crippen LogP contribution in [-0.2, 0) is 17.0 Å². The molecule has 5 heterocycles. The number of hydrogen-bond donors (Lipinski definition) is 2. The van der Waals surface area contributed by atoms with E-state index in [4.69, 9.17) is 4.74 Å². The van der Waals surface area contributed by atoms with Gasteiger partial charge in [0.2, 0.25) is 5.60 Å². The SMILES string of the molecule is C[C@@]12O[C@@H](C[C@@]1(O)C#N)n1c3ccccc3c3c4c(c5c6ccccc6n2c5c31)CNC4=O. The maximum atomic E-state index is 13.2. The zero-order valence-electron chi connectivity index (χ0n) is 17.7. The van der Waals surface area contributed by atoms with Crippen molar-refractivity contribution in [3.05, 3.63) is 59.7 Å². The first kappa shape index (κ1) is 17.7. The molecule has 0 saturated carbocycles. The summed E-state index contributed by atoms with van der Waals surface area (Å²) >= 11 is 0. The lowest BCUT2D eigenvalue weighted by atomic mass is 9.90. The minimum atomic E-state index is -1.73. The quantitative estimate of drug-likeness (QED) is 0.360. The molecule has 33 heavy (non-hydrogen) atoms. The first-order valence-electron chi connectivity index (χ1n) is 11.1. The Labute approximate surface area is 187 Å². The van der Waals surface area contributed by atoms with Gasteiger partial charge in [-0.15, -0.1) is 0 Å². The summed E-state index contributed by atoms with van der Waals surface area (Å²) in [7, 11) is 0. The van der Waals surface area contributed by atoms with Gasteiger partial charge in [0.1, 0.15) is 12.3 Å². The Morgan fingerprint density at radius 2 is 1.79 bits per heavy atom. The molecule has 3 atom stereocenters. The van der Waals surface area contributed by atoms with Crippen LogP contribution in [0.5, 0.6) is 0 Å². The Hall–Kier alpha value is -3.86. The van der Waals surface area contributed by atoms with E-state index in [1.807, 2.05) is 53.1 Å². The molecule has 3 aliphatic heterocycles. The van der Waals surface area contributed by atoms with Gasteiger partial charge < -0.3 is 24.3 Å². The Morgan fingerprint density at radius 3 is 2.55 bits per heavy atom. The molecule has 0 radical (unpaired) electrons. The highest BCUT2D eigenvalue weighted by molar-refractivity contribution is 6.31. The number of hydrogen-bond acceptors (Lipinski definition) is 4. The number of carbonyl (C=O) groups excluding carboxylic acids is 1. The summed E-state index contributed by atoms with van der Waals surface area (Å²) in [5.74, 6) is -0.0679. The minimum absolute atomic E-state index is 0.0679. The van der Waals surface area contributed by atoms with Crippen molar-refractivity contribution in [2.75, 3.05) is 0 Å². The van der Waals surface area contributed by atoms with Crippen LogP contribution < -0.4 is 5.32 Å². The van der Waals surface area contributed by atoms with Crippen molar-refractivity contribution < 1.29 is 14.6 Å². The molecule has 8 rings (SSSR count). The number of nitrogens with one attached hydrogen (secondary N) is 1. The third kappa shape index (κ3) is 1.68. The monoisotopic (exact) mass is 434 g/mol. The highest BCUT2D eigenvalue weighted by Gasteiger charge is 2.61. The van der Waals surface area contributed by atoms with E-state index in [1.165, 1.54) is 0 Å². The van der Waals surface area contributed by atoms with E-state index in [-0.39, 0.29) is 12.3 Å². The predicted octanol–water partition coefficient (Wildman–Crippen LogP) is 4.01. The summed E-state index contributed by atoms with van der Waals surface area (Å²) in [6.07, 6.45) is -0.420. The van der Waals surface area contributed by atoms with Crippen molar-refractivity contribution in [1.82, 2.24) is 14.5 Å². The van der Waals surface area contributed by atoms with Crippen LogP contribution in [0.2, 0.25) is 0 Å². The number of amides is 1. The number of para-hydroxylation sites is 2. The molecule has 0 aliphatic carbocycles. The Morgan fingerprint density at radius 1 is 1.09 bits per heavy atom. The topological polar surface area (TPSA) is 92.2 Å². The maximum Gasteiger partial charge on any atom is 0.252 e. The lowest BCUT2D eigenvalue weighted by Crippen LogP contribution is -2.49. The van der Waals surface area contributed by atoms with Gasteiger partial charge in [-0.1, -0.05) is 36.4 Å². The van der Waals surface area contributed by atoms with E-state index in [1.54, 1.807) is 6.92 Å². The maximum absolute atomic E-state index is 13.2. The van der Waals surface area contributed by atoms with Gasteiger partial charge in [0.25, 0.3) is 5.91 Å². The number of aliphatic hydroxyl groups is 1. The number of nitriles is 1. The number of rotatable bonds is 0. The van der Waals surface area contributed by atoms with Gasteiger partial charge in [0, 0.05) is 34.5 Å². The highest BCUT2D eigenvalue weighted by Crippen LogP contribution is 2.57. The van der Waals surface area contributed by atoms with Crippen molar-refractivity contribution in [3.8, 4) is 6.07 Å². The molecule has 160 valence electrons. The number of aromatic nitrogens is 2. The van der Waals surface area contributed by atoms with Gasteiger partial charge in [0.05, 0.1) is 27.6 Å². The number of ether oxygens (including phenoxy) is 1. The van der Waals surface area contributed by atoms with Crippen molar-refractivity contribution in [3.63, 3.8) is 0 Å². The highest BCUT2D eigenvalue weighted by atomic mass is 16.6. The van der Waals surface area contributed by atoms with Crippen LogP contribution in [0.3, 0.4) is 0 Å². The van der Waals surface area contributed by atoms with Crippen molar-refractivity contribution in [2.24, 2.45) is 0 Å². The van der Waals surface area contributed by atoms with Gasteiger partial charge in [0.15, 0.2) is 5.72 Å². The van der Waals surface area contributed by atoms with Crippen LogP contribution in [0.4, 0.5) is 0 Å². The first-order valence-corrected chi connectivity index (χ1v) is 11.1. The third-order valence-corrected chi connectivity index (χ3v) is 8.02. The van der Waals surface area contributed by atoms with Crippen LogP contribution in [0.25, 0.3) is 43.6 Å². The van der Waals surface area contributed by atoms with Gasteiger partial charge in [-0.05, 0) is 24.6 Å². The molecule has 2 N–H and O–H groups in total. The molecule has 3 aromatic carbocycles. The second kappa shape index (κ2) is 5.20. The number of benzene rings is 3. The van der Waals surface area contributed by atoms with E-state index in [9.17, 15) is 15.2 Å². The normalized spacial score (nSPS) is 27.5. The van der Waals surface area contributed by atoms with Crippen molar-refractivity contribution in [1.29, 1.82) is 5.26 Å². The zero-order chi connectivity index (χ0) is 22.3. The summed E-state index contributed by atoms with van der Waals surface area (Å²) in [6, 6.07) is 18.1. The van der Waals surface area contributed by atoms with Crippen LogP contribution >= 0.6 is 0 Å². The molecule has 2 aromatic heterocycles. The van der Waals surface area contributed by atoms with Gasteiger partial charge in [-0.25, -0.2) is 0 Å². The molecule has 7 heteroatoms. The lowest BCUT2D eigenvalue weighted by Gasteiger charge is -2.35. The van der Waals surface area contributed by atoms with Crippen molar-refractivity contribution >= 4 is 49.5 Å². The van der Waals surface area contributed by atoms with E-state index >= 15 is 0 Å². The summed E-state index contributed by atoms with van der Waals surface area (Å²) in [5, 5.41) is 28.6. The molecule has 1 amide bonds. The fourth-order valence-electron chi connectivity index (χ4n) is 6.60. The molecule has 1 saturated heterocycles. The summed E-state index contributed by atoms with van der Waals surface area (Å²) < 4.78 is 10.7. The fourth-order valence-corrected chi connectivity index (χ4v) is 6.60. The zero-order valence-corrected chi connectivity index (χ0v) is 17.7. The van der Waals surface area contributed by atoms with E-state index in [2.05, 4.69) is 16.0 Å². The third-order valence-electron chi connectivity index (χ3n) is 8.02. The number of fused-ring (bicyclic) bond motifs is 13. The Balaban J connectivity index is 1.79. The predicted molar refractivity (Wildman–Crippen MR) is 123 cm³/mol. The number of carbonyl (C=O) groups is 1. The van der Waals surface area contributed by atoms with E-state index in [0.29, 0.717) is 12.1 Å². The Kier molecular flexibility index (Phi) is 2.78. The summed E-state index contributed by atoms with van der Waals surface area (Å²) in [6.45, 7) is 2.25. The van der Waals surface area contributed by atoms with Crippen LogP contribution in [0.15, 0.2) is 48.5 Å². The molecule has 0 unspecified atom stereocenters.